The average Bonchev–Trinajstić information content (AvgIpc) is 2.35. The van der Waals surface area contributed by atoms with Crippen LogP contribution in [-0.4, -0.2) is 17.7 Å². The zero-order valence-electron chi connectivity index (χ0n) is 11.1. The van der Waals surface area contributed by atoms with Gasteiger partial charge in [0.25, 0.3) is 0 Å². The summed E-state index contributed by atoms with van der Waals surface area (Å²) in [5.41, 5.74) is 9.34. The topological polar surface area (TPSA) is 51.3 Å². The van der Waals surface area contributed by atoms with Crippen molar-refractivity contribution >= 4 is 11.9 Å². The molecule has 1 rings (SSSR count). The number of aromatic nitrogens is 1. The standard InChI is InChI=1S/C14H23N3/c1-4-12-9-17-10-13(14(12)15)7-6-11(3)8-16-5-2/h8-11H,4-7H2,1-3H3,(H2,15,17). The van der Waals surface area contributed by atoms with E-state index in [2.05, 4.69) is 30.7 Å². The number of pyridine rings is 1. The first kappa shape index (κ1) is 13.7. The normalized spacial score (nSPS) is 13.1. The highest BCUT2D eigenvalue weighted by molar-refractivity contribution is 5.60. The van der Waals surface area contributed by atoms with Crippen LogP contribution in [-0.2, 0) is 12.8 Å². The molecule has 1 unspecified atom stereocenters. The van der Waals surface area contributed by atoms with Crippen LogP contribution in [0.2, 0.25) is 0 Å². The van der Waals surface area contributed by atoms with Crippen molar-refractivity contribution in [1.82, 2.24) is 4.98 Å². The van der Waals surface area contributed by atoms with Crippen molar-refractivity contribution in [2.75, 3.05) is 12.3 Å². The smallest absolute Gasteiger partial charge is 0.0409 e. The second-order valence-electron chi connectivity index (χ2n) is 4.39. The number of rotatable bonds is 6. The van der Waals surface area contributed by atoms with Crippen LogP contribution in [0, 0.1) is 5.92 Å². The van der Waals surface area contributed by atoms with E-state index in [1.807, 2.05) is 18.6 Å². The van der Waals surface area contributed by atoms with Crippen molar-refractivity contribution < 1.29 is 0 Å². The highest BCUT2D eigenvalue weighted by Crippen LogP contribution is 2.19. The third kappa shape index (κ3) is 4.17. The predicted molar refractivity (Wildman–Crippen MR) is 74.5 cm³/mol. The van der Waals surface area contributed by atoms with E-state index >= 15 is 0 Å². The maximum absolute atomic E-state index is 6.11. The Bertz CT molecular complexity index is 372. The van der Waals surface area contributed by atoms with E-state index in [0.29, 0.717) is 5.92 Å². The van der Waals surface area contributed by atoms with Gasteiger partial charge in [-0.1, -0.05) is 13.8 Å². The summed E-state index contributed by atoms with van der Waals surface area (Å²) in [7, 11) is 0. The Morgan fingerprint density at radius 2 is 2.06 bits per heavy atom. The molecule has 2 N–H and O–H groups in total. The van der Waals surface area contributed by atoms with Gasteiger partial charge in [-0.25, -0.2) is 0 Å². The summed E-state index contributed by atoms with van der Waals surface area (Å²) in [4.78, 5) is 8.51. The third-order valence-corrected chi connectivity index (χ3v) is 2.95. The molecular weight excluding hydrogens is 210 g/mol. The quantitative estimate of drug-likeness (QED) is 0.768. The minimum Gasteiger partial charge on any atom is -0.398 e. The number of anilines is 1. The molecule has 0 radical (unpaired) electrons. The molecule has 3 heteroatoms. The molecule has 1 atom stereocenters. The van der Waals surface area contributed by atoms with Crippen LogP contribution in [0.4, 0.5) is 5.69 Å². The number of nitrogen functional groups attached to an aromatic ring is 1. The van der Waals surface area contributed by atoms with Crippen LogP contribution in [0.5, 0.6) is 0 Å². The van der Waals surface area contributed by atoms with Crippen molar-refractivity contribution in [1.29, 1.82) is 0 Å². The molecule has 0 aliphatic heterocycles. The van der Waals surface area contributed by atoms with E-state index in [-0.39, 0.29) is 0 Å². The predicted octanol–water partition coefficient (Wildman–Crippen LogP) is 2.89. The Kier molecular flexibility index (Phi) is 5.67. The van der Waals surface area contributed by atoms with Gasteiger partial charge in [0.2, 0.25) is 0 Å². The van der Waals surface area contributed by atoms with Gasteiger partial charge in [-0.15, -0.1) is 0 Å². The van der Waals surface area contributed by atoms with Crippen molar-refractivity contribution in [2.24, 2.45) is 10.9 Å². The third-order valence-electron chi connectivity index (χ3n) is 2.95. The summed E-state index contributed by atoms with van der Waals surface area (Å²) < 4.78 is 0. The zero-order valence-corrected chi connectivity index (χ0v) is 11.1. The van der Waals surface area contributed by atoms with Gasteiger partial charge in [0.05, 0.1) is 0 Å². The van der Waals surface area contributed by atoms with Crippen LogP contribution in [0.1, 0.15) is 38.3 Å². The monoisotopic (exact) mass is 233 g/mol. The van der Waals surface area contributed by atoms with Gasteiger partial charge < -0.3 is 5.73 Å². The Labute approximate surface area is 104 Å². The largest absolute Gasteiger partial charge is 0.398 e. The van der Waals surface area contributed by atoms with Gasteiger partial charge in [0, 0.05) is 30.8 Å². The Hall–Kier alpha value is -1.38. The molecule has 1 aromatic heterocycles. The number of nitrogens with two attached hydrogens (primary N) is 1. The van der Waals surface area contributed by atoms with E-state index < -0.39 is 0 Å². The molecule has 0 saturated carbocycles. The van der Waals surface area contributed by atoms with Crippen molar-refractivity contribution in [3.63, 3.8) is 0 Å². The van der Waals surface area contributed by atoms with Crippen molar-refractivity contribution in [2.45, 2.75) is 40.0 Å². The summed E-state index contributed by atoms with van der Waals surface area (Å²) in [6.45, 7) is 7.20. The molecule has 0 fully saturated rings. The second kappa shape index (κ2) is 7.05. The van der Waals surface area contributed by atoms with Gasteiger partial charge in [-0.3, -0.25) is 9.98 Å². The van der Waals surface area contributed by atoms with Crippen LogP contribution in [0.3, 0.4) is 0 Å². The first-order valence-corrected chi connectivity index (χ1v) is 6.40. The van der Waals surface area contributed by atoms with E-state index in [0.717, 1.165) is 37.1 Å². The fourth-order valence-corrected chi connectivity index (χ4v) is 1.79. The molecule has 17 heavy (non-hydrogen) atoms. The van der Waals surface area contributed by atoms with E-state index in [4.69, 9.17) is 5.73 Å². The fraction of sp³-hybridized carbons (Fsp3) is 0.571. The maximum atomic E-state index is 6.11. The highest BCUT2D eigenvalue weighted by Gasteiger charge is 2.06. The minimum atomic E-state index is 0.500. The van der Waals surface area contributed by atoms with Gasteiger partial charge in [-0.05, 0) is 43.2 Å². The molecule has 0 aliphatic rings. The SMILES string of the molecule is CCN=CC(C)CCc1cncc(CC)c1N. The molecule has 0 amide bonds. The molecule has 0 aliphatic carbocycles. The summed E-state index contributed by atoms with van der Waals surface area (Å²) in [5, 5.41) is 0. The Morgan fingerprint density at radius 3 is 2.71 bits per heavy atom. The number of aryl methyl sites for hydroxylation is 2. The molecule has 0 spiro atoms. The van der Waals surface area contributed by atoms with Crippen LogP contribution in [0.25, 0.3) is 0 Å². The summed E-state index contributed by atoms with van der Waals surface area (Å²) >= 11 is 0. The molecule has 1 aromatic rings. The zero-order chi connectivity index (χ0) is 12.7. The molecule has 1 heterocycles. The van der Waals surface area contributed by atoms with Gasteiger partial charge in [-0.2, -0.15) is 0 Å². The van der Waals surface area contributed by atoms with E-state index in [9.17, 15) is 0 Å². The number of aliphatic imine (C=N–C) groups is 1. The summed E-state index contributed by atoms with van der Waals surface area (Å²) in [5.74, 6) is 0.500. The molecule has 94 valence electrons. The van der Waals surface area contributed by atoms with Crippen LogP contribution < -0.4 is 5.73 Å². The average molecular weight is 233 g/mol. The Balaban J connectivity index is 2.60. The maximum Gasteiger partial charge on any atom is 0.0409 e. The second-order valence-corrected chi connectivity index (χ2v) is 4.39. The lowest BCUT2D eigenvalue weighted by Crippen LogP contribution is -2.04. The summed E-state index contributed by atoms with van der Waals surface area (Å²) in [6.07, 6.45) is 8.78. The lowest BCUT2D eigenvalue weighted by Gasteiger charge is -2.10. The first-order valence-electron chi connectivity index (χ1n) is 6.40. The molecule has 0 bridgehead atoms. The molecule has 0 saturated heterocycles. The number of nitrogens with zero attached hydrogens (tertiary/aromatic N) is 2. The number of hydrogen-bond acceptors (Lipinski definition) is 3. The lowest BCUT2D eigenvalue weighted by molar-refractivity contribution is 0.690. The highest BCUT2D eigenvalue weighted by atomic mass is 14.7. The van der Waals surface area contributed by atoms with E-state index in [1.165, 1.54) is 5.56 Å². The summed E-state index contributed by atoms with van der Waals surface area (Å²) in [6, 6.07) is 0. The first-order chi connectivity index (χ1) is 8.19. The van der Waals surface area contributed by atoms with Crippen LogP contribution >= 0.6 is 0 Å². The molecule has 3 nitrogen and oxygen atoms in total. The van der Waals surface area contributed by atoms with Crippen molar-refractivity contribution in [3.05, 3.63) is 23.5 Å². The fourth-order valence-electron chi connectivity index (χ4n) is 1.79. The van der Waals surface area contributed by atoms with Gasteiger partial charge >= 0.3 is 0 Å². The minimum absolute atomic E-state index is 0.500. The Morgan fingerprint density at radius 1 is 1.35 bits per heavy atom. The van der Waals surface area contributed by atoms with Crippen molar-refractivity contribution in [3.8, 4) is 0 Å². The van der Waals surface area contributed by atoms with Gasteiger partial charge in [0.1, 0.15) is 0 Å². The lowest BCUT2D eigenvalue weighted by atomic mass is 10.00. The van der Waals surface area contributed by atoms with Gasteiger partial charge in [0.15, 0.2) is 0 Å². The van der Waals surface area contributed by atoms with E-state index in [1.54, 1.807) is 0 Å². The van der Waals surface area contributed by atoms with Crippen LogP contribution in [0.15, 0.2) is 17.4 Å². The number of hydrogen-bond donors (Lipinski definition) is 1. The molecule has 0 aromatic carbocycles. The molecular formula is C14H23N3.